The van der Waals surface area contributed by atoms with Gasteiger partial charge < -0.3 is 19.4 Å². The molecule has 0 spiro atoms. The second kappa shape index (κ2) is 10.5. The summed E-state index contributed by atoms with van der Waals surface area (Å²) in [5.41, 5.74) is 0.814. The van der Waals surface area contributed by atoms with Crippen molar-refractivity contribution in [2.45, 2.75) is 19.3 Å². The van der Waals surface area contributed by atoms with E-state index in [1.165, 1.54) is 12.1 Å². The highest BCUT2D eigenvalue weighted by molar-refractivity contribution is 5.76. The smallest absolute Gasteiger partial charge is 0.273 e. The number of aryl methyl sites for hydroxylation is 1. The SMILES string of the molecule is COc1ccc(CCN(C)C(=O)CCc2nnc(-c3ccccc3F)[nH]c2=O)cc1OC. The minimum atomic E-state index is -0.503. The Morgan fingerprint density at radius 3 is 2.50 bits per heavy atom. The van der Waals surface area contributed by atoms with Gasteiger partial charge in [0, 0.05) is 26.4 Å². The standard InChI is InChI=1S/C23H25FN4O4/c1-28(13-12-15-8-10-19(31-2)20(14-15)32-3)21(29)11-9-18-23(30)25-22(27-26-18)16-6-4-5-7-17(16)24/h4-8,10,14H,9,11-13H2,1-3H3,(H,25,27,30). The molecule has 1 heterocycles. The van der Waals surface area contributed by atoms with E-state index < -0.39 is 11.4 Å². The van der Waals surface area contributed by atoms with Crippen LogP contribution in [0.5, 0.6) is 11.5 Å². The number of amides is 1. The summed E-state index contributed by atoms with van der Waals surface area (Å²) >= 11 is 0. The van der Waals surface area contributed by atoms with Crippen molar-refractivity contribution in [3.8, 4) is 22.9 Å². The van der Waals surface area contributed by atoms with Crippen molar-refractivity contribution in [2.75, 3.05) is 27.8 Å². The lowest BCUT2D eigenvalue weighted by atomic mass is 10.1. The fraction of sp³-hybridized carbons (Fsp3) is 0.304. The summed E-state index contributed by atoms with van der Waals surface area (Å²) in [5, 5.41) is 7.81. The molecular formula is C23H25FN4O4. The Hall–Kier alpha value is -3.75. The number of methoxy groups -OCH3 is 2. The summed E-state index contributed by atoms with van der Waals surface area (Å²) in [6.45, 7) is 0.503. The second-order valence-electron chi connectivity index (χ2n) is 7.18. The van der Waals surface area contributed by atoms with Crippen LogP contribution in [0.2, 0.25) is 0 Å². The van der Waals surface area contributed by atoms with Gasteiger partial charge in [0.1, 0.15) is 11.5 Å². The normalized spacial score (nSPS) is 10.6. The first-order chi connectivity index (χ1) is 15.4. The first kappa shape index (κ1) is 22.9. The largest absolute Gasteiger partial charge is 0.493 e. The molecule has 0 radical (unpaired) electrons. The minimum absolute atomic E-state index is 0.0511. The van der Waals surface area contributed by atoms with Crippen molar-refractivity contribution in [3.05, 3.63) is 69.9 Å². The van der Waals surface area contributed by atoms with Gasteiger partial charge >= 0.3 is 0 Å². The van der Waals surface area contributed by atoms with Crippen LogP contribution >= 0.6 is 0 Å². The van der Waals surface area contributed by atoms with Crippen molar-refractivity contribution in [1.82, 2.24) is 20.1 Å². The molecule has 0 saturated heterocycles. The summed E-state index contributed by atoms with van der Waals surface area (Å²) in [6.07, 6.45) is 0.888. The molecule has 0 saturated carbocycles. The van der Waals surface area contributed by atoms with Crippen LogP contribution in [0.4, 0.5) is 4.39 Å². The number of H-pyrrole nitrogens is 1. The van der Waals surface area contributed by atoms with E-state index in [0.29, 0.717) is 24.5 Å². The van der Waals surface area contributed by atoms with Crippen LogP contribution < -0.4 is 15.0 Å². The fourth-order valence-corrected chi connectivity index (χ4v) is 3.17. The fourth-order valence-electron chi connectivity index (χ4n) is 3.17. The number of likely N-dealkylation sites (N-methyl/N-ethyl adjacent to an activating group) is 1. The number of benzene rings is 2. The maximum atomic E-state index is 13.9. The van der Waals surface area contributed by atoms with E-state index in [-0.39, 0.29) is 35.8 Å². The van der Waals surface area contributed by atoms with Gasteiger partial charge in [-0.2, -0.15) is 0 Å². The number of rotatable bonds is 9. The number of hydrogen-bond acceptors (Lipinski definition) is 6. The van der Waals surface area contributed by atoms with Crippen LogP contribution in [0, 0.1) is 5.82 Å². The van der Waals surface area contributed by atoms with Gasteiger partial charge in [0.15, 0.2) is 17.3 Å². The topological polar surface area (TPSA) is 97.4 Å². The molecule has 3 rings (SSSR count). The third-order valence-electron chi connectivity index (χ3n) is 5.08. The van der Waals surface area contributed by atoms with Gasteiger partial charge in [-0.05, 0) is 36.2 Å². The number of aromatic amines is 1. The molecule has 3 aromatic rings. The quantitative estimate of drug-likeness (QED) is 0.549. The highest BCUT2D eigenvalue weighted by atomic mass is 19.1. The van der Waals surface area contributed by atoms with Crippen molar-refractivity contribution < 1.29 is 18.7 Å². The predicted octanol–water partition coefficient (Wildman–Crippen LogP) is 2.62. The average molecular weight is 440 g/mol. The highest BCUT2D eigenvalue weighted by Crippen LogP contribution is 2.27. The van der Waals surface area contributed by atoms with Crippen LogP contribution in [0.15, 0.2) is 47.3 Å². The molecule has 32 heavy (non-hydrogen) atoms. The Kier molecular flexibility index (Phi) is 7.54. The lowest BCUT2D eigenvalue weighted by Crippen LogP contribution is -2.30. The van der Waals surface area contributed by atoms with E-state index in [9.17, 15) is 14.0 Å². The molecule has 2 aromatic carbocycles. The Labute approximate surface area is 185 Å². The molecule has 0 aliphatic rings. The number of carbonyl (C=O) groups is 1. The Bertz CT molecular complexity index is 1150. The van der Waals surface area contributed by atoms with E-state index >= 15 is 0 Å². The van der Waals surface area contributed by atoms with Crippen molar-refractivity contribution in [3.63, 3.8) is 0 Å². The molecule has 8 nitrogen and oxygen atoms in total. The van der Waals surface area contributed by atoms with Crippen molar-refractivity contribution in [2.24, 2.45) is 0 Å². The summed E-state index contributed by atoms with van der Waals surface area (Å²) < 4.78 is 24.4. The number of aromatic nitrogens is 3. The lowest BCUT2D eigenvalue weighted by Gasteiger charge is -2.17. The molecule has 0 bridgehead atoms. The number of halogens is 1. The Balaban J connectivity index is 1.56. The molecular weight excluding hydrogens is 415 g/mol. The lowest BCUT2D eigenvalue weighted by molar-refractivity contribution is -0.129. The van der Waals surface area contributed by atoms with E-state index in [4.69, 9.17) is 9.47 Å². The molecule has 168 valence electrons. The Morgan fingerprint density at radius 2 is 1.81 bits per heavy atom. The molecule has 1 N–H and O–H groups in total. The van der Waals surface area contributed by atoms with E-state index in [2.05, 4.69) is 15.2 Å². The zero-order valence-corrected chi connectivity index (χ0v) is 18.2. The number of nitrogens with one attached hydrogen (secondary N) is 1. The number of carbonyl (C=O) groups excluding carboxylic acids is 1. The summed E-state index contributed by atoms with van der Waals surface area (Å²) in [4.78, 5) is 28.9. The summed E-state index contributed by atoms with van der Waals surface area (Å²) in [6, 6.07) is 11.6. The third-order valence-corrected chi connectivity index (χ3v) is 5.08. The van der Waals surface area contributed by atoms with Crippen LogP contribution in [0.25, 0.3) is 11.4 Å². The monoisotopic (exact) mass is 440 g/mol. The minimum Gasteiger partial charge on any atom is -0.493 e. The van der Waals surface area contributed by atoms with E-state index in [1.54, 1.807) is 38.3 Å². The number of hydrogen-bond donors (Lipinski definition) is 1. The molecule has 0 aliphatic heterocycles. The average Bonchev–Trinajstić information content (AvgIpc) is 2.81. The first-order valence-electron chi connectivity index (χ1n) is 10.1. The van der Waals surface area contributed by atoms with Crippen LogP contribution in [-0.4, -0.2) is 53.8 Å². The van der Waals surface area contributed by atoms with Crippen LogP contribution in [0.1, 0.15) is 17.7 Å². The van der Waals surface area contributed by atoms with Crippen molar-refractivity contribution in [1.29, 1.82) is 0 Å². The zero-order valence-electron chi connectivity index (χ0n) is 18.2. The van der Waals surface area contributed by atoms with Gasteiger partial charge in [-0.1, -0.05) is 18.2 Å². The van der Waals surface area contributed by atoms with Crippen molar-refractivity contribution >= 4 is 5.91 Å². The summed E-state index contributed by atoms with van der Waals surface area (Å²) in [7, 11) is 4.86. The molecule has 9 heteroatoms. The molecule has 0 unspecified atom stereocenters. The maximum Gasteiger partial charge on any atom is 0.273 e. The predicted molar refractivity (Wildman–Crippen MR) is 117 cm³/mol. The van der Waals surface area contributed by atoms with Gasteiger partial charge in [-0.3, -0.25) is 9.59 Å². The molecule has 0 fully saturated rings. The number of ether oxygens (including phenoxy) is 2. The van der Waals surface area contributed by atoms with E-state index in [0.717, 1.165) is 5.56 Å². The summed E-state index contributed by atoms with van der Waals surface area (Å²) in [5.74, 6) is 0.709. The second-order valence-corrected chi connectivity index (χ2v) is 7.18. The molecule has 1 aromatic heterocycles. The zero-order chi connectivity index (χ0) is 23.1. The first-order valence-corrected chi connectivity index (χ1v) is 10.1. The molecule has 0 aliphatic carbocycles. The van der Waals surface area contributed by atoms with E-state index in [1.807, 2.05) is 18.2 Å². The highest BCUT2D eigenvalue weighted by Gasteiger charge is 2.14. The molecule has 1 amide bonds. The Morgan fingerprint density at radius 1 is 1.06 bits per heavy atom. The molecule has 0 atom stereocenters. The number of nitrogens with zero attached hydrogens (tertiary/aromatic N) is 3. The van der Waals surface area contributed by atoms with Gasteiger partial charge in [-0.25, -0.2) is 4.39 Å². The van der Waals surface area contributed by atoms with Crippen LogP contribution in [0.3, 0.4) is 0 Å². The van der Waals surface area contributed by atoms with Gasteiger partial charge in [-0.15, -0.1) is 10.2 Å². The van der Waals surface area contributed by atoms with Gasteiger partial charge in [0.25, 0.3) is 5.56 Å². The van der Waals surface area contributed by atoms with Gasteiger partial charge in [0.05, 0.1) is 19.8 Å². The third kappa shape index (κ3) is 5.48. The maximum absolute atomic E-state index is 13.9. The van der Waals surface area contributed by atoms with Gasteiger partial charge in [0.2, 0.25) is 5.91 Å². The van der Waals surface area contributed by atoms with Crippen LogP contribution in [-0.2, 0) is 17.6 Å².